The van der Waals surface area contributed by atoms with Gasteiger partial charge in [-0.05, 0) is 48.7 Å². The van der Waals surface area contributed by atoms with Crippen molar-refractivity contribution in [2.24, 2.45) is 0 Å². The molecule has 144 valence electrons. The first-order valence-electron chi connectivity index (χ1n) is 9.60. The number of hydrogen-bond donors (Lipinski definition) is 2. The zero-order chi connectivity index (χ0) is 19.1. The van der Waals surface area contributed by atoms with E-state index in [1.807, 2.05) is 18.5 Å². The predicted molar refractivity (Wildman–Crippen MR) is 118 cm³/mol. The van der Waals surface area contributed by atoms with E-state index in [2.05, 4.69) is 55.1 Å². The molecule has 2 N–H and O–H groups in total. The SMILES string of the molecule is O[C@@H]1CCCC[C@H]1Nc1nc2ccc(Cn3cnc4ccc(Br)cc43)cc2s1. The minimum atomic E-state index is -0.273. The fourth-order valence-electron chi connectivity index (χ4n) is 3.92. The molecular weight excluding hydrogens is 436 g/mol. The van der Waals surface area contributed by atoms with Crippen LogP contribution in [0.15, 0.2) is 47.2 Å². The average Bonchev–Trinajstić information content (AvgIpc) is 3.27. The molecular formula is C21H21BrN4OS. The van der Waals surface area contributed by atoms with Crippen LogP contribution in [0.4, 0.5) is 5.13 Å². The quantitative estimate of drug-likeness (QED) is 0.444. The number of aromatic nitrogens is 3. The minimum Gasteiger partial charge on any atom is -0.391 e. The summed E-state index contributed by atoms with van der Waals surface area (Å²) in [6.07, 6.45) is 5.78. The predicted octanol–water partition coefficient (Wildman–Crippen LogP) is 5.17. The van der Waals surface area contributed by atoms with Crippen LogP contribution in [0.2, 0.25) is 0 Å². The Hall–Kier alpha value is -1.96. The van der Waals surface area contributed by atoms with Crippen LogP contribution in [-0.2, 0) is 6.54 Å². The number of thiazole rings is 1. The van der Waals surface area contributed by atoms with Gasteiger partial charge in [-0.2, -0.15) is 0 Å². The second-order valence-corrected chi connectivity index (χ2v) is 9.38. The van der Waals surface area contributed by atoms with Crippen molar-refractivity contribution in [2.45, 2.75) is 44.4 Å². The summed E-state index contributed by atoms with van der Waals surface area (Å²) in [6.45, 7) is 0.769. The summed E-state index contributed by atoms with van der Waals surface area (Å²) < 4.78 is 4.39. The van der Waals surface area contributed by atoms with Crippen molar-refractivity contribution in [3.8, 4) is 0 Å². The lowest BCUT2D eigenvalue weighted by molar-refractivity contribution is 0.116. The largest absolute Gasteiger partial charge is 0.391 e. The summed E-state index contributed by atoms with van der Waals surface area (Å²) in [6, 6.07) is 12.7. The molecule has 2 heterocycles. The number of anilines is 1. The molecule has 0 saturated heterocycles. The standard InChI is InChI=1S/C21H21BrN4OS/c22-14-6-8-15-18(10-14)26(12-23-15)11-13-5-7-17-20(9-13)28-21(25-17)24-16-3-1-2-4-19(16)27/h5-10,12,16,19,27H,1-4,11H2,(H,24,25)/t16-,19-/m1/s1. The topological polar surface area (TPSA) is 63.0 Å². The second kappa shape index (κ2) is 7.46. The zero-order valence-corrected chi connectivity index (χ0v) is 17.7. The van der Waals surface area contributed by atoms with Crippen LogP contribution in [0.1, 0.15) is 31.2 Å². The maximum absolute atomic E-state index is 10.2. The highest BCUT2D eigenvalue weighted by atomic mass is 79.9. The molecule has 2 aromatic carbocycles. The molecule has 0 radical (unpaired) electrons. The van der Waals surface area contributed by atoms with Gasteiger partial charge in [-0.15, -0.1) is 0 Å². The van der Waals surface area contributed by atoms with Crippen molar-refractivity contribution >= 4 is 53.6 Å². The molecule has 0 bridgehead atoms. The van der Waals surface area contributed by atoms with Gasteiger partial charge in [0.25, 0.3) is 0 Å². The Bertz CT molecular complexity index is 1140. The summed E-state index contributed by atoms with van der Waals surface area (Å²) >= 11 is 5.20. The van der Waals surface area contributed by atoms with Crippen LogP contribution < -0.4 is 5.32 Å². The first-order chi connectivity index (χ1) is 13.7. The Kier molecular flexibility index (Phi) is 4.82. The van der Waals surface area contributed by atoms with E-state index < -0.39 is 0 Å². The van der Waals surface area contributed by atoms with Gasteiger partial charge in [-0.25, -0.2) is 9.97 Å². The average molecular weight is 457 g/mol. The molecule has 1 aliphatic rings. The van der Waals surface area contributed by atoms with E-state index in [0.717, 1.165) is 56.7 Å². The molecule has 1 saturated carbocycles. The lowest BCUT2D eigenvalue weighted by atomic mass is 9.93. The summed E-state index contributed by atoms with van der Waals surface area (Å²) in [5, 5.41) is 14.6. The first kappa shape index (κ1) is 18.1. The number of rotatable bonds is 4. The molecule has 2 aromatic heterocycles. The number of nitrogens with zero attached hydrogens (tertiary/aromatic N) is 3. The fraction of sp³-hybridized carbons (Fsp3) is 0.333. The van der Waals surface area contributed by atoms with Gasteiger partial charge in [0.15, 0.2) is 5.13 Å². The number of fused-ring (bicyclic) bond motifs is 2. The van der Waals surface area contributed by atoms with E-state index in [9.17, 15) is 5.11 Å². The molecule has 1 fully saturated rings. The van der Waals surface area contributed by atoms with Crippen LogP contribution in [0, 0.1) is 0 Å². The summed E-state index contributed by atoms with van der Waals surface area (Å²) in [4.78, 5) is 9.21. The van der Waals surface area contributed by atoms with Gasteiger partial charge in [0.2, 0.25) is 0 Å². The Morgan fingerprint density at radius 2 is 2.00 bits per heavy atom. The van der Waals surface area contributed by atoms with Crippen molar-refractivity contribution in [1.29, 1.82) is 0 Å². The normalized spacial score (nSPS) is 20.1. The maximum Gasteiger partial charge on any atom is 0.184 e. The number of hydrogen-bond acceptors (Lipinski definition) is 5. The van der Waals surface area contributed by atoms with Gasteiger partial charge in [0, 0.05) is 11.0 Å². The smallest absolute Gasteiger partial charge is 0.184 e. The van der Waals surface area contributed by atoms with Gasteiger partial charge in [-0.1, -0.05) is 46.2 Å². The van der Waals surface area contributed by atoms with Gasteiger partial charge < -0.3 is 15.0 Å². The Morgan fingerprint density at radius 1 is 1.14 bits per heavy atom. The Labute approximate surface area is 175 Å². The highest BCUT2D eigenvalue weighted by Gasteiger charge is 2.23. The highest BCUT2D eigenvalue weighted by molar-refractivity contribution is 9.10. The molecule has 2 atom stereocenters. The molecule has 5 rings (SSSR count). The number of imidazole rings is 1. The Morgan fingerprint density at radius 3 is 2.89 bits per heavy atom. The van der Waals surface area contributed by atoms with Crippen LogP contribution >= 0.6 is 27.3 Å². The number of nitrogens with one attached hydrogen (secondary N) is 1. The molecule has 0 spiro atoms. The molecule has 0 aliphatic heterocycles. The molecule has 1 aliphatic carbocycles. The van der Waals surface area contributed by atoms with Gasteiger partial charge in [-0.3, -0.25) is 0 Å². The molecule has 5 nitrogen and oxygen atoms in total. The van der Waals surface area contributed by atoms with E-state index in [4.69, 9.17) is 4.98 Å². The summed E-state index contributed by atoms with van der Waals surface area (Å²) in [7, 11) is 0. The van der Waals surface area contributed by atoms with Crippen molar-refractivity contribution in [3.05, 3.63) is 52.8 Å². The maximum atomic E-state index is 10.2. The van der Waals surface area contributed by atoms with E-state index in [0.29, 0.717) is 0 Å². The first-order valence-corrected chi connectivity index (χ1v) is 11.2. The van der Waals surface area contributed by atoms with E-state index in [1.165, 1.54) is 12.0 Å². The molecule has 7 heteroatoms. The van der Waals surface area contributed by atoms with Crippen LogP contribution in [0.25, 0.3) is 21.3 Å². The third-order valence-corrected chi connectivity index (χ3v) is 6.87. The van der Waals surface area contributed by atoms with Crippen molar-refractivity contribution < 1.29 is 5.11 Å². The third kappa shape index (κ3) is 3.54. The van der Waals surface area contributed by atoms with Gasteiger partial charge >= 0.3 is 0 Å². The van der Waals surface area contributed by atoms with Crippen LogP contribution in [0.3, 0.4) is 0 Å². The van der Waals surface area contributed by atoms with E-state index in [-0.39, 0.29) is 12.1 Å². The monoisotopic (exact) mass is 456 g/mol. The fourth-order valence-corrected chi connectivity index (χ4v) is 5.26. The third-order valence-electron chi connectivity index (χ3n) is 5.43. The second-order valence-electron chi connectivity index (χ2n) is 7.43. The van der Waals surface area contributed by atoms with Crippen molar-refractivity contribution in [1.82, 2.24) is 14.5 Å². The van der Waals surface area contributed by atoms with Crippen LogP contribution in [-0.4, -0.2) is 31.8 Å². The molecule has 0 amide bonds. The lowest BCUT2D eigenvalue weighted by Gasteiger charge is -2.27. The van der Waals surface area contributed by atoms with Crippen LogP contribution in [0.5, 0.6) is 0 Å². The number of aliphatic hydroxyl groups is 1. The van der Waals surface area contributed by atoms with Gasteiger partial charge in [0.1, 0.15) is 0 Å². The van der Waals surface area contributed by atoms with Gasteiger partial charge in [0.05, 0.1) is 39.7 Å². The molecule has 0 unspecified atom stereocenters. The van der Waals surface area contributed by atoms with Crippen molar-refractivity contribution in [2.75, 3.05) is 5.32 Å². The van der Waals surface area contributed by atoms with E-state index in [1.54, 1.807) is 11.3 Å². The zero-order valence-electron chi connectivity index (χ0n) is 15.3. The molecule has 4 aromatic rings. The number of aliphatic hydroxyl groups excluding tert-OH is 1. The Balaban J connectivity index is 1.39. The van der Waals surface area contributed by atoms with E-state index >= 15 is 0 Å². The summed E-state index contributed by atoms with van der Waals surface area (Å²) in [5.74, 6) is 0. The lowest BCUT2D eigenvalue weighted by Crippen LogP contribution is -2.36. The number of halogens is 1. The highest BCUT2D eigenvalue weighted by Crippen LogP contribution is 2.30. The minimum absolute atomic E-state index is 0.115. The summed E-state index contributed by atoms with van der Waals surface area (Å²) in [5.41, 5.74) is 4.34. The van der Waals surface area contributed by atoms with Crippen molar-refractivity contribution in [3.63, 3.8) is 0 Å². The number of benzene rings is 2. The molecule has 28 heavy (non-hydrogen) atoms.